The van der Waals surface area contributed by atoms with Crippen molar-refractivity contribution in [2.75, 3.05) is 54.8 Å². The number of benzene rings is 2. The molecule has 5 rings (SSSR count). The summed E-state index contributed by atoms with van der Waals surface area (Å²) in [6.45, 7) is 7.29. The van der Waals surface area contributed by atoms with Crippen LogP contribution in [0.25, 0.3) is 0 Å². The van der Waals surface area contributed by atoms with Crippen LogP contribution in [0, 0.1) is 5.82 Å². The average molecular weight is 490 g/mol. The van der Waals surface area contributed by atoms with E-state index in [1.54, 1.807) is 6.92 Å². The Morgan fingerprint density at radius 1 is 1.06 bits per heavy atom. The standard InChI is InChI=1S/C27H32FN7O/c1-20(36)34-12-14-35(15-13-34)24-9-5-8-22(16-24)31-27-29-17-25(28)26(32-27)30-23-10-11-33(19-23)18-21-6-3-2-4-7-21/h2-9,16-17,23H,10-15,18-19H2,1H3,(H2,29,30,31,32)/t23-/m0/s1. The number of hydrogen-bond donors (Lipinski definition) is 2. The molecule has 188 valence electrons. The van der Waals surface area contributed by atoms with Crippen molar-refractivity contribution in [3.8, 4) is 0 Å². The Morgan fingerprint density at radius 3 is 2.64 bits per heavy atom. The Morgan fingerprint density at radius 2 is 1.86 bits per heavy atom. The quantitative estimate of drug-likeness (QED) is 0.524. The van der Waals surface area contributed by atoms with E-state index in [0.717, 1.165) is 50.5 Å². The number of anilines is 4. The Labute approximate surface area is 211 Å². The van der Waals surface area contributed by atoms with Crippen molar-refractivity contribution in [1.82, 2.24) is 19.8 Å². The van der Waals surface area contributed by atoms with Gasteiger partial charge in [-0.3, -0.25) is 9.69 Å². The molecule has 36 heavy (non-hydrogen) atoms. The van der Waals surface area contributed by atoms with Gasteiger partial charge in [0.25, 0.3) is 0 Å². The third-order valence-corrected chi connectivity index (χ3v) is 6.80. The van der Waals surface area contributed by atoms with E-state index in [0.29, 0.717) is 19.0 Å². The molecule has 2 fully saturated rings. The Balaban J connectivity index is 1.20. The predicted molar refractivity (Wildman–Crippen MR) is 140 cm³/mol. The summed E-state index contributed by atoms with van der Waals surface area (Å²) >= 11 is 0. The molecule has 2 saturated heterocycles. The zero-order chi connectivity index (χ0) is 24.9. The molecule has 2 aromatic carbocycles. The van der Waals surface area contributed by atoms with Crippen LogP contribution in [0.5, 0.6) is 0 Å². The number of likely N-dealkylation sites (tertiary alicyclic amines) is 1. The summed E-state index contributed by atoms with van der Waals surface area (Å²) in [5.74, 6) is 0.218. The van der Waals surface area contributed by atoms with Gasteiger partial charge in [0.15, 0.2) is 11.6 Å². The van der Waals surface area contributed by atoms with Crippen LogP contribution in [0.1, 0.15) is 18.9 Å². The SMILES string of the molecule is CC(=O)N1CCN(c2cccc(Nc3ncc(F)c(N[C@H]4CCN(Cc5ccccc5)C4)n3)c2)CC1. The molecule has 9 heteroatoms. The van der Waals surface area contributed by atoms with E-state index in [1.807, 2.05) is 29.2 Å². The number of hydrogen-bond acceptors (Lipinski definition) is 7. The lowest BCUT2D eigenvalue weighted by Crippen LogP contribution is -2.48. The summed E-state index contributed by atoms with van der Waals surface area (Å²) in [5, 5.41) is 6.49. The van der Waals surface area contributed by atoms with E-state index in [4.69, 9.17) is 0 Å². The highest BCUT2D eigenvalue weighted by molar-refractivity contribution is 5.73. The van der Waals surface area contributed by atoms with Crippen molar-refractivity contribution < 1.29 is 9.18 Å². The second-order valence-corrected chi connectivity index (χ2v) is 9.41. The maximum Gasteiger partial charge on any atom is 0.229 e. The molecule has 0 aliphatic carbocycles. The predicted octanol–water partition coefficient (Wildman–Crippen LogP) is 3.71. The van der Waals surface area contributed by atoms with Crippen LogP contribution >= 0.6 is 0 Å². The summed E-state index contributed by atoms with van der Waals surface area (Å²) in [4.78, 5) is 26.7. The molecule has 2 aliphatic rings. The third kappa shape index (κ3) is 5.91. The Bertz CT molecular complexity index is 1180. The molecule has 2 N–H and O–H groups in total. The molecular weight excluding hydrogens is 457 g/mol. The second-order valence-electron chi connectivity index (χ2n) is 9.41. The lowest BCUT2D eigenvalue weighted by molar-refractivity contribution is -0.129. The summed E-state index contributed by atoms with van der Waals surface area (Å²) in [5.41, 5.74) is 3.17. The summed E-state index contributed by atoms with van der Waals surface area (Å²) in [6.07, 6.45) is 2.14. The van der Waals surface area contributed by atoms with E-state index < -0.39 is 5.82 Å². The molecule has 0 bridgehead atoms. The number of amides is 1. The Kier molecular flexibility index (Phi) is 7.27. The van der Waals surface area contributed by atoms with Crippen LogP contribution in [0.2, 0.25) is 0 Å². The molecular formula is C27H32FN7O. The van der Waals surface area contributed by atoms with Crippen LogP contribution in [0.3, 0.4) is 0 Å². The summed E-state index contributed by atoms with van der Waals surface area (Å²) in [7, 11) is 0. The van der Waals surface area contributed by atoms with Gasteiger partial charge in [0.2, 0.25) is 11.9 Å². The van der Waals surface area contributed by atoms with Gasteiger partial charge in [0.05, 0.1) is 6.20 Å². The zero-order valence-electron chi connectivity index (χ0n) is 20.5. The van der Waals surface area contributed by atoms with Crippen molar-refractivity contribution in [2.45, 2.75) is 25.9 Å². The van der Waals surface area contributed by atoms with E-state index >= 15 is 0 Å². The molecule has 1 aromatic heterocycles. The molecule has 3 aromatic rings. The lowest BCUT2D eigenvalue weighted by atomic mass is 10.2. The van der Waals surface area contributed by atoms with Crippen molar-refractivity contribution in [1.29, 1.82) is 0 Å². The van der Waals surface area contributed by atoms with E-state index in [2.05, 4.69) is 60.7 Å². The van der Waals surface area contributed by atoms with Crippen molar-refractivity contribution >= 4 is 29.0 Å². The molecule has 2 aliphatic heterocycles. The van der Waals surface area contributed by atoms with Crippen LogP contribution in [0.15, 0.2) is 60.8 Å². The number of rotatable bonds is 7. The normalized spacial score (nSPS) is 18.3. The highest BCUT2D eigenvalue weighted by Crippen LogP contribution is 2.24. The number of nitrogens with zero attached hydrogens (tertiary/aromatic N) is 5. The van der Waals surface area contributed by atoms with Crippen LogP contribution in [-0.2, 0) is 11.3 Å². The number of halogens is 1. The third-order valence-electron chi connectivity index (χ3n) is 6.80. The zero-order valence-corrected chi connectivity index (χ0v) is 20.5. The average Bonchev–Trinajstić information content (AvgIpc) is 3.33. The molecule has 1 atom stereocenters. The van der Waals surface area contributed by atoms with Gasteiger partial charge in [-0.15, -0.1) is 0 Å². The smallest absolute Gasteiger partial charge is 0.229 e. The van der Waals surface area contributed by atoms with Gasteiger partial charge in [0.1, 0.15) is 0 Å². The second kappa shape index (κ2) is 10.9. The molecule has 0 radical (unpaired) electrons. The van der Waals surface area contributed by atoms with Gasteiger partial charge in [-0.05, 0) is 30.2 Å². The first-order chi connectivity index (χ1) is 17.5. The molecule has 0 spiro atoms. The fourth-order valence-corrected chi connectivity index (χ4v) is 4.85. The fourth-order valence-electron chi connectivity index (χ4n) is 4.85. The van der Waals surface area contributed by atoms with Crippen LogP contribution in [0.4, 0.5) is 27.5 Å². The number of nitrogens with one attached hydrogen (secondary N) is 2. The first-order valence-electron chi connectivity index (χ1n) is 12.5. The van der Waals surface area contributed by atoms with Crippen molar-refractivity contribution in [3.63, 3.8) is 0 Å². The topological polar surface area (TPSA) is 76.6 Å². The summed E-state index contributed by atoms with van der Waals surface area (Å²) < 4.78 is 14.5. The molecule has 0 saturated carbocycles. The molecule has 8 nitrogen and oxygen atoms in total. The lowest BCUT2D eigenvalue weighted by Gasteiger charge is -2.35. The molecule has 0 unspecified atom stereocenters. The first-order valence-corrected chi connectivity index (χ1v) is 12.5. The minimum atomic E-state index is -0.459. The minimum absolute atomic E-state index is 0.115. The highest BCUT2D eigenvalue weighted by atomic mass is 19.1. The molecule has 3 heterocycles. The van der Waals surface area contributed by atoms with Gasteiger partial charge in [-0.2, -0.15) is 4.98 Å². The van der Waals surface area contributed by atoms with Crippen LogP contribution in [-0.4, -0.2) is 71.0 Å². The Hall–Kier alpha value is -3.72. The maximum atomic E-state index is 14.5. The minimum Gasteiger partial charge on any atom is -0.368 e. The largest absolute Gasteiger partial charge is 0.368 e. The fraction of sp³-hybridized carbons (Fsp3) is 0.370. The van der Waals surface area contributed by atoms with Gasteiger partial charge in [-0.25, -0.2) is 9.37 Å². The monoisotopic (exact) mass is 489 g/mol. The highest BCUT2D eigenvalue weighted by Gasteiger charge is 2.24. The summed E-state index contributed by atoms with van der Waals surface area (Å²) in [6, 6.07) is 18.5. The van der Waals surface area contributed by atoms with Crippen molar-refractivity contribution in [3.05, 3.63) is 72.2 Å². The van der Waals surface area contributed by atoms with E-state index in [1.165, 1.54) is 11.8 Å². The van der Waals surface area contributed by atoms with Gasteiger partial charge in [-0.1, -0.05) is 36.4 Å². The van der Waals surface area contributed by atoms with E-state index in [9.17, 15) is 9.18 Å². The van der Waals surface area contributed by atoms with Gasteiger partial charge in [0, 0.05) is 70.2 Å². The van der Waals surface area contributed by atoms with Gasteiger partial charge < -0.3 is 20.4 Å². The molecule has 1 amide bonds. The van der Waals surface area contributed by atoms with E-state index in [-0.39, 0.29) is 17.8 Å². The number of piperazine rings is 1. The number of aromatic nitrogens is 2. The van der Waals surface area contributed by atoms with Crippen LogP contribution < -0.4 is 15.5 Å². The number of carbonyl (C=O) groups excluding carboxylic acids is 1. The first kappa shape index (κ1) is 24.0. The van der Waals surface area contributed by atoms with Gasteiger partial charge >= 0.3 is 0 Å². The number of carbonyl (C=O) groups is 1. The van der Waals surface area contributed by atoms with Crippen molar-refractivity contribution in [2.24, 2.45) is 0 Å². The maximum absolute atomic E-state index is 14.5.